The second-order valence-electron chi connectivity index (χ2n) is 4.54. The average Bonchev–Trinajstić information content (AvgIpc) is 3.02. The van der Waals surface area contributed by atoms with Crippen molar-refractivity contribution in [3.63, 3.8) is 0 Å². The number of nitro groups is 1. The van der Waals surface area contributed by atoms with Gasteiger partial charge in [-0.15, -0.1) is 0 Å². The van der Waals surface area contributed by atoms with Crippen LogP contribution in [0.2, 0.25) is 0 Å². The molecule has 3 rings (SSSR count). The molecule has 3 aromatic rings. The number of benzene rings is 2. The van der Waals surface area contributed by atoms with Crippen molar-refractivity contribution in [2.45, 2.75) is 0 Å². The van der Waals surface area contributed by atoms with Gasteiger partial charge < -0.3 is 14.8 Å². The molecule has 1 aromatic heterocycles. The Hall–Kier alpha value is -3.36. The number of ether oxygens (including phenoxy) is 2. The fourth-order valence-electron chi connectivity index (χ4n) is 2.18. The van der Waals surface area contributed by atoms with E-state index in [0.717, 1.165) is 0 Å². The number of methoxy groups -OCH3 is 2. The summed E-state index contributed by atoms with van der Waals surface area (Å²) in [5, 5.41) is 21.6. The van der Waals surface area contributed by atoms with Crippen LogP contribution < -0.4 is 14.8 Å². The number of anilines is 2. The van der Waals surface area contributed by atoms with Crippen LogP contribution in [-0.2, 0) is 0 Å². The SMILES string of the molecule is COc1ccc(OC)c(Nc2ccc3nonc3c2[N+](=O)[O-])c1. The van der Waals surface area contributed by atoms with Crippen LogP contribution in [0.5, 0.6) is 11.5 Å². The molecule has 0 spiro atoms. The molecule has 0 fully saturated rings. The van der Waals surface area contributed by atoms with Gasteiger partial charge in [-0.1, -0.05) is 0 Å². The number of nitro benzene ring substituents is 1. The van der Waals surface area contributed by atoms with E-state index < -0.39 is 4.92 Å². The Morgan fingerprint density at radius 1 is 1.13 bits per heavy atom. The molecule has 0 aliphatic rings. The zero-order valence-corrected chi connectivity index (χ0v) is 12.3. The molecule has 23 heavy (non-hydrogen) atoms. The molecule has 0 amide bonds. The van der Waals surface area contributed by atoms with Gasteiger partial charge in [0.15, 0.2) is 0 Å². The molecule has 0 bridgehead atoms. The van der Waals surface area contributed by atoms with Gasteiger partial charge >= 0.3 is 5.69 Å². The zero-order valence-electron chi connectivity index (χ0n) is 12.3. The highest BCUT2D eigenvalue weighted by Crippen LogP contribution is 2.37. The first kappa shape index (κ1) is 14.6. The summed E-state index contributed by atoms with van der Waals surface area (Å²) in [6.45, 7) is 0. The fraction of sp³-hybridized carbons (Fsp3) is 0.143. The molecule has 0 atom stereocenters. The number of fused-ring (bicyclic) bond motifs is 1. The topological polar surface area (TPSA) is 113 Å². The fourth-order valence-corrected chi connectivity index (χ4v) is 2.18. The number of hydrogen-bond donors (Lipinski definition) is 1. The monoisotopic (exact) mass is 316 g/mol. The van der Waals surface area contributed by atoms with Crippen LogP contribution in [0.3, 0.4) is 0 Å². The summed E-state index contributed by atoms with van der Waals surface area (Å²) in [6.07, 6.45) is 0. The Balaban J connectivity index is 2.11. The Morgan fingerprint density at radius 2 is 1.96 bits per heavy atom. The van der Waals surface area contributed by atoms with Crippen LogP contribution in [-0.4, -0.2) is 29.5 Å². The molecule has 1 N–H and O–H groups in total. The highest BCUT2D eigenvalue weighted by Gasteiger charge is 2.23. The number of nitrogens with zero attached hydrogens (tertiary/aromatic N) is 3. The minimum Gasteiger partial charge on any atom is -0.497 e. The van der Waals surface area contributed by atoms with E-state index in [0.29, 0.717) is 22.7 Å². The van der Waals surface area contributed by atoms with Crippen molar-refractivity contribution in [3.05, 3.63) is 40.4 Å². The summed E-state index contributed by atoms with van der Waals surface area (Å²) < 4.78 is 15.0. The molecule has 0 radical (unpaired) electrons. The predicted molar refractivity (Wildman–Crippen MR) is 81.3 cm³/mol. The van der Waals surface area contributed by atoms with Gasteiger partial charge in [0, 0.05) is 6.07 Å². The van der Waals surface area contributed by atoms with Gasteiger partial charge in [-0.2, -0.15) is 0 Å². The highest BCUT2D eigenvalue weighted by molar-refractivity contribution is 5.92. The Labute approximate surface area is 129 Å². The van der Waals surface area contributed by atoms with Crippen molar-refractivity contribution < 1.29 is 19.0 Å². The van der Waals surface area contributed by atoms with Crippen LogP contribution in [0.1, 0.15) is 0 Å². The number of rotatable bonds is 5. The smallest absolute Gasteiger partial charge is 0.323 e. The number of hydrogen-bond acceptors (Lipinski definition) is 8. The van der Waals surface area contributed by atoms with Gasteiger partial charge in [0.2, 0.25) is 5.52 Å². The Kier molecular flexibility index (Phi) is 3.67. The van der Waals surface area contributed by atoms with E-state index >= 15 is 0 Å². The Bertz CT molecular complexity index is 877. The van der Waals surface area contributed by atoms with Crippen LogP contribution in [0.25, 0.3) is 11.0 Å². The van der Waals surface area contributed by atoms with Crippen molar-refractivity contribution in [2.24, 2.45) is 0 Å². The second-order valence-corrected chi connectivity index (χ2v) is 4.54. The van der Waals surface area contributed by atoms with Crippen LogP contribution >= 0.6 is 0 Å². The molecule has 2 aromatic carbocycles. The average molecular weight is 316 g/mol. The zero-order chi connectivity index (χ0) is 16.4. The van der Waals surface area contributed by atoms with E-state index in [1.165, 1.54) is 20.3 Å². The normalized spacial score (nSPS) is 10.5. The first-order valence-corrected chi connectivity index (χ1v) is 6.52. The minimum atomic E-state index is -0.540. The summed E-state index contributed by atoms with van der Waals surface area (Å²) >= 11 is 0. The largest absolute Gasteiger partial charge is 0.497 e. The summed E-state index contributed by atoms with van der Waals surface area (Å²) in [5.74, 6) is 1.10. The van der Waals surface area contributed by atoms with Gasteiger partial charge in [-0.25, -0.2) is 4.63 Å². The second kappa shape index (κ2) is 5.79. The van der Waals surface area contributed by atoms with Gasteiger partial charge in [0.05, 0.1) is 24.8 Å². The lowest BCUT2D eigenvalue weighted by Crippen LogP contribution is -2.00. The van der Waals surface area contributed by atoms with Gasteiger partial charge in [-0.05, 0) is 34.6 Å². The summed E-state index contributed by atoms with van der Waals surface area (Å²) in [7, 11) is 3.04. The third-order valence-electron chi connectivity index (χ3n) is 3.26. The quantitative estimate of drug-likeness (QED) is 0.564. The summed E-state index contributed by atoms with van der Waals surface area (Å²) in [6, 6.07) is 8.21. The lowest BCUT2D eigenvalue weighted by atomic mass is 10.2. The van der Waals surface area contributed by atoms with E-state index in [1.807, 2.05) is 0 Å². The molecular formula is C14H12N4O5. The predicted octanol–water partition coefficient (Wildman–Crippen LogP) is 2.89. The Morgan fingerprint density at radius 3 is 2.65 bits per heavy atom. The van der Waals surface area contributed by atoms with Crippen LogP contribution in [0.4, 0.5) is 17.1 Å². The molecule has 9 nitrogen and oxygen atoms in total. The minimum absolute atomic E-state index is 0.0712. The summed E-state index contributed by atoms with van der Waals surface area (Å²) in [5.41, 5.74) is 0.908. The van der Waals surface area contributed by atoms with Crippen molar-refractivity contribution >= 4 is 28.1 Å². The maximum Gasteiger partial charge on any atom is 0.323 e. The number of aromatic nitrogens is 2. The maximum atomic E-state index is 11.4. The van der Waals surface area contributed by atoms with Crippen LogP contribution in [0.15, 0.2) is 35.0 Å². The van der Waals surface area contributed by atoms with E-state index in [-0.39, 0.29) is 16.9 Å². The van der Waals surface area contributed by atoms with Crippen LogP contribution in [0, 0.1) is 10.1 Å². The third kappa shape index (κ3) is 2.59. The molecule has 0 saturated carbocycles. The standard InChI is InChI=1S/C14H12N4O5/c1-21-8-3-6-12(22-2)11(7-8)15-10-5-4-9-13(17-23-16-9)14(10)18(19)20/h3-7,15H,1-2H3. The summed E-state index contributed by atoms with van der Waals surface area (Å²) in [4.78, 5) is 10.9. The highest BCUT2D eigenvalue weighted by atomic mass is 16.6. The molecule has 0 unspecified atom stereocenters. The third-order valence-corrected chi connectivity index (χ3v) is 3.26. The molecule has 0 saturated heterocycles. The molecule has 0 aliphatic heterocycles. The van der Waals surface area contributed by atoms with E-state index in [2.05, 4.69) is 20.3 Å². The first-order chi connectivity index (χ1) is 11.1. The van der Waals surface area contributed by atoms with E-state index in [1.54, 1.807) is 24.3 Å². The van der Waals surface area contributed by atoms with Crippen molar-refractivity contribution in [1.82, 2.24) is 10.3 Å². The van der Waals surface area contributed by atoms with Crippen molar-refractivity contribution in [3.8, 4) is 11.5 Å². The lowest BCUT2D eigenvalue weighted by molar-refractivity contribution is -0.382. The van der Waals surface area contributed by atoms with Gasteiger partial charge in [-0.3, -0.25) is 10.1 Å². The van der Waals surface area contributed by atoms with E-state index in [4.69, 9.17) is 9.47 Å². The van der Waals surface area contributed by atoms with Crippen molar-refractivity contribution in [1.29, 1.82) is 0 Å². The number of nitrogens with one attached hydrogen (secondary N) is 1. The lowest BCUT2D eigenvalue weighted by Gasteiger charge is -2.12. The van der Waals surface area contributed by atoms with E-state index in [9.17, 15) is 10.1 Å². The molecular weight excluding hydrogens is 304 g/mol. The molecule has 118 valence electrons. The van der Waals surface area contributed by atoms with Crippen molar-refractivity contribution in [2.75, 3.05) is 19.5 Å². The first-order valence-electron chi connectivity index (χ1n) is 6.52. The van der Waals surface area contributed by atoms with Gasteiger partial charge in [0.25, 0.3) is 0 Å². The molecule has 9 heteroatoms. The maximum absolute atomic E-state index is 11.4. The van der Waals surface area contributed by atoms with Gasteiger partial charge in [0.1, 0.15) is 22.7 Å². The molecule has 0 aliphatic carbocycles. The molecule has 1 heterocycles.